The lowest BCUT2D eigenvalue weighted by Crippen LogP contribution is -2.26. The fourth-order valence-corrected chi connectivity index (χ4v) is 2.01. The van der Waals surface area contributed by atoms with Crippen LogP contribution in [-0.2, 0) is 16.0 Å². The average Bonchev–Trinajstić information content (AvgIpc) is 2.72. The maximum atomic E-state index is 11.8. The van der Waals surface area contributed by atoms with Crippen LogP contribution in [0.25, 0.3) is 0 Å². The van der Waals surface area contributed by atoms with Gasteiger partial charge in [0, 0.05) is 19.2 Å². The fourth-order valence-electron chi connectivity index (χ4n) is 2.01. The van der Waals surface area contributed by atoms with Crippen LogP contribution in [-0.4, -0.2) is 36.3 Å². The van der Waals surface area contributed by atoms with E-state index in [-0.39, 0.29) is 23.7 Å². The first-order valence-corrected chi connectivity index (χ1v) is 6.49. The van der Waals surface area contributed by atoms with Gasteiger partial charge in [-0.3, -0.25) is 9.59 Å². The Morgan fingerprint density at radius 2 is 1.95 bits per heavy atom. The minimum Gasteiger partial charge on any atom is -0.465 e. The number of hydrogen-bond acceptors (Lipinski definition) is 4. The summed E-state index contributed by atoms with van der Waals surface area (Å²) in [5.41, 5.74) is 1.53. The first kappa shape index (κ1) is 15.9. The summed E-state index contributed by atoms with van der Waals surface area (Å²) in [5.74, 6) is -0.939. The minimum absolute atomic E-state index is 0.0125. The van der Waals surface area contributed by atoms with Crippen molar-refractivity contribution in [3.8, 4) is 0 Å². The number of Topliss-reactive ketones (excluding diaryl/α,β-unsaturated/α-hetero) is 1. The molecule has 0 aliphatic heterocycles. The van der Waals surface area contributed by atoms with Gasteiger partial charge in [-0.1, -0.05) is 6.92 Å². The maximum Gasteiger partial charge on any atom is 0.339 e. The van der Waals surface area contributed by atoms with Crippen LogP contribution in [0.4, 0.5) is 0 Å². The topological polar surface area (TPSA) is 88.3 Å². The summed E-state index contributed by atoms with van der Waals surface area (Å²) in [6.45, 7) is 5.59. The number of methoxy groups -OCH3 is 1. The SMILES string of the molecule is CCCNC(=O)Cc1[nH]c(C(C)=O)c(C)c1C(=O)OC. The van der Waals surface area contributed by atoms with Crippen molar-refractivity contribution in [3.63, 3.8) is 0 Å². The van der Waals surface area contributed by atoms with Gasteiger partial charge in [0.25, 0.3) is 0 Å². The third kappa shape index (κ3) is 3.46. The maximum absolute atomic E-state index is 11.8. The Kier molecular flexibility index (Phi) is 5.49. The highest BCUT2D eigenvalue weighted by Crippen LogP contribution is 2.20. The molecule has 0 saturated heterocycles. The summed E-state index contributed by atoms with van der Waals surface area (Å²) in [6, 6.07) is 0. The molecule has 0 fully saturated rings. The van der Waals surface area contributed by atoms with Gasteiger partial charge < -0.3 is 15.0 Å². The minimum atomic E-state index is -0.551. The van der Waals surface area contributed by atoms with E-state index in [2.05, 4.69) is 10.3 Å². The molecule has 6 heteroatoms. The number of amides is 1. The van der Waals surface area contributed by atoms with Crippen LogP contribution in [0.3, 0.4) is 0 Å². The molecule has 2 N–H and O–H groups in total. The Hall–Kier alpha value is -2.11. The van der Waals surface area contributed by atoms with Crippen LogP contribution < -0.4 is 5.32 Å². The highest BCUT2D eigenvalue weighted by molar-refractivity contribution is 6.01. The van der Waals surface area contributed by atoms with E-state index in [1.54, 1.807) is 6.92 Å². The number of carbonyl (C=O) groups is 3. The van der Waals surface area contributed by atoms with Crippen molar-refractivity contribution in [1.82, 2.24) is 10.3 Å². The zero-order chi connectivity index (χ0) is 15.3. The second-order valence-electron chi connectivity index (χ2n) is 4.55. The van der Waals surface area contributed by atoms with Crippen LogP contribution >= 0.6 is 0 Å². The largest absolute Gasteiger partial charge is 0.465 e. The number of aromatic nitrogens is 1. The van der Waals surface area contributed by atoms with E-state index in [4.69, 9.17) is 4.74 Å². The Labute approximate surface area is 117 Å². The van der Waals surface area contributed by atoms with E-state index in [0.717, 1.165) is 6.42 Å². The molecule has 0 atom stereocenters. The molecule has 110 valence electrons. The van der Waals surface area contributed by atoms with E-state index in [1.165, 1.54) is 14.0 Å². The predicted molar refractivity (Wildman–Crippen MR) is 73.9 cm³/mol. The van der Waals surface area contributed by atoms with Crippen LogP contribution in [0.2, 0.25) is 0 Å². The number of ether oxygens (including phenoxy) is 1. The molecule has 1 heterocycles. The molecule has 0 aliphatic rings. The Morgan fingerprint density at radius 3 is 2.45 bits per heavy atom. The molecule has 1 aromatic heterocycles. The molecule has 0 aromatic carbocycles. The second-order valence-corrected chi connectivity index (χ2v) is 4.55. The standard InChI is InChI=1S/C14H20N2O4/c1-5-6-15-11(18)7-10-12(14(19)20-4)8(2)13(16-10)9(3)17/h16H,5-7H2,1-4H3,(H,15,18). The van der Waals surface area contributed by atoms with Gasteiger partial charge >= 0.3 is 5.97 Å². The van der Waals surface area contributed by atoms with Gasteiger partial charge in [-0.15, -0.1) is 0 Å². The number of ketones is 1. The van der Waals surface area contributed by atoms with Gasteiger partial charge in [-0.25, -0.2) is 4.79 Å². The van der Waals surface area contributed by atoms with Gasteiger partial charge in [0.15, 0.2) is 5.78 Å². The van der Waals surface area contributed by atoms with E-state index < -0.39 is 5.97 Å². The summed E-state index contributed by atoms with van der Waals surface area (Å²) in [6.07, 6.45) is 0.844. The lowest BCUT2D eigenvalue weighted by molar-refractivity contribution is -0.120. The van der Waals surface area contributed by atoms with Crippen LogP contribution in [0.5, 0.6) is 0 Å². The monoisotopic (exact) mass is 280 g/mol. The second kappa shape index (κ2) is 6.88. The molecule has 0 bridgehead atoms. The lowest BCUT2D eigenvalue weighted by atomic mass is 10.1. The van der Waals surface area contributed by atoms with Crippen molar-refractivity contribution < 1.29 is 19.1 Å². The van der Waals surface area contributed by atoms with Crippen LogP contribution in [0, 0.1) is 6.92 Å². The highest BCUT2D eigenvalue weighted by atomic mass is 16.5. The van der Waals surface area contributed by atoms with Gasteiger partial charge in [0.05, 0.1) is 24.8 Å². The summed E-state index contributed by atoms with van der Waals surface area (Å²) < 4.78 is 4.71. The molecular weight excluding hydrogens is 260 g/mol. The summed E-state index contributed by atoms with van der Waals surface area (Å²) in [5, 5.41) is 2.73. The molecule has 20 heavy (non-hydrogen) atoms. The van der Waals surface area contributed by atoms with Gasteiger partial charge in [0.1, 0.15) is 0 Å². The molecule has 1 rings (SSSR count). The molecular formula is C14H20N2O4. The molecule has 0 aliphatic carbocycles. The smallest absolute Gasteiger partial charge is 0.339 e. The number of aromatic amines is 1. The summed E-state index contributed by atoms with van der Waals surface area (Å²) in [7, 11) is 1.27. The van der Waals surface area contributed by atoms with Crippen molar-refractivity contribution >= 4 is 17.7 Å². The number of carbonyl (C=O) groups excluding carboxylic acids is 3. The molecule has 6 nitrogen and oxygen atoms in total. The number of H-pyrrole nitrogens is 1. The molecule has 0 spiro atoms. The number of esters is 1. The van der Waals surface area contributed by atoms with Crippen LogP contribution in [0.15, 0.2) is 0 Å². The predicted octanol–water partition coefficient (Wildman–Crippen LogP) is 1.38. The Balaban J connectivity index is 3.11. The van der Waals surface area contributed by atoms with Crippen LogP contribution in [0.1, 0.15) is 52.4 Å². The van der Waals surface area contributed by atoms with Crippen molar-refractivity contribution in [1.29, 1.82) is 0 Å². The quantitative estimate of drug-likeness (QED) is 0.608. The summed E-state index contributed by atoms with van der Waals surface area (Å²) >= 11 is 0. The van der Waals surface area contributed by atoms with E-state index in [1.807, 2.05) is 6.92 Å². The zero-order valence-corrected chi connectivity index (χ0v) is 12.3. The lowest BCUT2D eigenvalue weighted by Gasteiger charge is -2.05. The first-order valence-electron chi connectivity index (χ1n) is 6.49. The normalized spacial score (nSPS) is 10.2. The zero-order valence-electron chi connectivity index (χ0n) is 12.3. The van der Waals surface area contributed by atoms with E-state index >= 15 is 0 Å². The molecule has 1 amide bonds. The number of rotatable bonds is 6. The van der Waals surface area contributed by atoms with Crippen molar-refractivity contribution in [3.05, 3.63) is 22.5 Å². The highest BCUT2D eigenvalue weighted by Gasteiger charge is 2.24. The third-order valence-corrected chi connectivity index (χ3v) is 2.98. The fraction of sp³-hybridized carbons (Fsp3) is 0.500. The summed E-state index contributed by atoms with van der Waals surface area (Å²) in [4.78, 5) is 37.9. The van der Waals surface area contributed by atoms with E-state index in [0.29, 0.717) is 23.5 Å². The van der Waals surface area contributed by atoms with Crippen molar-refractivity contribution in [2.24, 2.45) is 0 Å². The Morgan fingerprint density at radius 1 is 1.30 bits per heavy atom. The molecule has 1 aromatic rings. The van der Waals surface area contributed by atoms with E-state index in [9.17, 15) is 14.4 Å². The van der Waals surface area contributed by atoms with Gasteiger partial charge in [-0.05, 0) is 18.9 Å². The van der Waals surface area contributed by atoms with Gasteiger partial charge in [0.2, 0.25) is 5.91 Å². The molecule has 0 saturated carbocycles. The van der Waals surface area contributed by atoms with Crippen molar-refractivity contribution in [2.45, 2.75) is 33.6 Å². The van der Waals surface area contributed by atoms with Gasteiger partial charge in [-0.2, -0.15) is 0 Å². The number of nitrogens with one attached hydrogen (secondary N) is 2. The third-order valence-electron chi connectivity index (χ3n) is 2.98. The first-order chi connectivity index (χ1) is 9.42. The number of hydrogen-bond donors (Lipinski definition) is 2. The van der Waals surface area contributed by atoms with Crippen molar-refractivity contribution in [2.75, 3.05) is 13.7 Å². The molecule has 0 radical (unpaired) electrons. The molecule has 0 unspecified atom stereocenters. The Bertz CT molecular complexity index is 532. The average molecular weight is 280 g/mol.